The highest BCUT2D eigenvalue weighted by Crippen LogP contribution is 2.37. The minimum Gasteiger partial charge on any atom is -0.347 e. The fraction of sp³-hybridized carbons (Fsp3) is 0.600. The van der Waals surface area contributed by atoms with Gasteiger partial charge in [-0.3, -0.25) is 9.59 Å². The first kappa shape index (κ1) is 15.8. The largest absolute Gasteiger partial charge is 0.347 e. The van der Waals surface area contributed by atoms with E-state index < -0.39 is 5.79 Å². The average molecular weight is 266 g/mol. The van der Waals surface area contributed by atoms with Gasteiger partial charge in [0.25, 0.3) is 0 Å². The Bertz CT molecular complexity index is 333. The van der Waals surface area contributed by atoms with Crippen LogP contribution in [0, 0.1) is 0 Å². The van der Waals surface area contributed by atoms with Gasteiger partial charge in [-0.2, -0.15) is 0 Å². The lowest BCUT2D eigenvalue weighted by Gasteiger charge is -2.28. The highest BCUT2D eigenvalue weighted by atomic mass is 16.8. The lowest BCUT2D eigenvalue weighted by atomic mass is 9.92. The summed E-state index contributed by atoms with van der Waals surface area (Å²) in [6.45, 7) is 4.35. The molecule has 0 radical (unpaired) electrons. The van der Waals surface area contributed by atoms with Crippen LogP contribution in [0.4, 0.5) is 0 Å². The van der Waals surface area contributed by atoms with Crippen LogP contribution >= 0.6 is 0 Å². The van der Waals surface area contributed by atoms with Crippen molar-refractivity contribution in [3.05, 3.63) is 24.3 Å². The molecule has 1 heterocycles. The van der Waals surface area contributed by atoms with Crippen LogP contribution < -0.4 is 0 Å². The summed E-state index contributed by atoms with van der Waals surface area (Å²) < 4.78 is 11.7. The van der Waals surface area contributed by atoms with Gasteiger partial charge in [-0.05, 0) is 51.7 Å². The molecule has 1 fully saturated rings. The van der Waals surface area contributed by atoms with Crippen LogP contribution in [-0.2, 0) is 19.1 Å². The van der Waals surface area contributed by atoms with Gasteiger partial charge in [0, 0.05) is 0 Å². The molecule has 0 amide bonds. The maximum absolute atomic E-state index is 10.2. The predicted molar refractivity (Wildman–Crippen MR) is 72.7 cm³/mol. The zero-order valence-electron chi connectivity index (χ0n) is 11.6. The molecule has 19 heavy (non-hydrogen) atoms. The van der Waals surface area contributed by atoms with E-state index in [4.69, 9.17) is 9.47 Å². The molecule has 0 atom stereocenters. The molecule has 0 aromatic heterocycles. The molecule has 4 nitrogen and oxygen atoms in total. The first-order chi connectivity index (χ1) is 9.04. The summed E-state index contributed by atoms with van der Waals surface area (Å²) in [6, 6.07) is 0. The van der Waals surface area contributed by atoms with Crippen LogP contribution in [0.2, 0.25) is 0 Å². The molecule has 1 aliphatic heterocycles. The van der Waals surface area contributed by atoms with Gasteiger partial charge in [-0.25, -0.2) is 0 Å². The Hall–Kier alpha value is -1.26. The van der Waals surface area contributed by atoms with Crippen molar-refractivity contribution in [3.63, 3.8) is 0 Å². The van der Waals surface area contributed by atoms with Gasteiger partial charge in [0.1, 0.15) is 12.6 Å². The maximum Gasteiger partial charge on any atom is 0.163 e. The second-order valence-electron chi connectivity index (χ2n) is 5.18. The van der Waals surface area contributed by atoms with E-state index >= 15 is 0 Å². The predicted octanol–water partition coefficient (Wildman–Crippen LogP) is 2.58. The van der Waals surface area contributed by atoms with E-state index in [0.717, 1.165) is 38.3 Å². The molecule has 0 aromatic carbocycles. The third-order valence-electron chi connectivity index (χ3n) is 3.11. The molecule has 0 aromatic rings. The Balaban J connectivity index is 2.57. The van der Waals surface area contributed by atoms with Crippen molar-refractivity contribution in [2.24, 2.45) is 0 Å². The zero-order valence-corrected chi connectivity index (χ0v) is 11.6. The summed E-state index contributed by atoms with van der Waals surface area (Å²) >= 11 is 0. The number of carbonyl (C=O) groups excluding carboxylic acids is 2. The van der Waals surface area contributed by atoms with Crippen LogP contribution in [0.25, 0.3) is 0 Å². The smallest absolute Gasteiger partial charge is 0.163 e. The summed E-state index contributed by atoms with van der Waals surface area (Å²) in [5.41, 5.74) is -0.329. The highest BCUT2D eigenvalue weighted by Gasteiger charge is 2.44. The highest BCUT2D eigenvalue weighted by molar-refractivity contribution is 5.64. The van der Waals surface area contributed by atoms with E-state index in [-0.39, 0.29) is 5.60 Å². The van der Waals surface area contributed by atoms with Crippen molar-refractivity contribution < 1.29 is 19.1 Å². The minimum atomic E-state index is -0.567. The maximum atomic E-state index is 10.2. The Kier molecular flexibility index (Phi) is 6.12. The van der Waals surface area contributed by atoms with Crippen LogP contribution in [0.1, 0.15) is 39.5 Å². The van der Waals surface area contributed by atoms with Gasteiger partial charge in [0.05, 0.1) is 12.2 Å². The van der Waals surface area contributed by atoms with Gasteiger partial charge < -0.3 is 9.47 Å². The van der Waals surface area contributed by atoms with Crippen molar-refractivity contribution in [2.45, 2.75) is 50.9 Å². The van der Waals surface area contributed by atoms with E-state index in [9.17, 15) is 9.59 Å². The first-order valence-corrected chi connectivity index (χ1v) is 6.58. The molecule has 0 saturated carbocycles. The summed E-state index contributed by atoms with van der Waals surface area (Å²) in [4.78, 5) is 20.5. The van der Waals surface area contributed by atoms with Crippen molar-refractivity contribution in [3.8, 4) is 0 Å². The lowest BCUT2D eigenvalue weighted by molar-refractivity contribution is -0.163. The van der Waals surface area contributed by atoms with E-state index in [2.05, 4.69) is 0 Å². The van der Waals surface area contributed by atoms with Crippen molar-refractivity contribution in [1.82, 2.24) is 0 Å². The third-order valence-corrected chi connectivity index (χ3v) is 3.11. The third kappa shape index (κ3) is 5.49. The Morgan fingerprint density at radius 2 is 1.53 bits per heavy atom. The van der Waals surface area contributed by atoms with Crippen LogP contribution in [0.15, 0.2) is 24.3 Å². The monoisotopic (exact) mass is 266 g/mol. The number of aldehydes is 2. The van der Waals surface area contributed by atoms with Crippen molar-refractivity contribution >= 4 is 12.6 Å². The molecule has 1 saturated heterocycles. The molecule has 0 bridgehead atoms. The number of rotatable bonds is 8. The molecule has 1 aliphatic rings. The van der Waals surface area contributed by atoms with E-state index in [1.807, 2.05) is 26.0 Å². The minimum absolute atomic E-state index is 0.329. The van der Waals surface area contributed by atoms with Crippen molar-refractivity contribution in [2.75, 3.05) is 6.61 Å². The molecule has 0 aliphatic carbocycles. The van der Waals surface area contributed by atoms with Gasteiger partial charge in [-0.15, -0.1) is 0 Å². The second kappa shape index (κ2) is 7.36. The summed E-state index contributed by atoms with van der Waals surface area (Å²) in [6.07, 6.45) is 11.4. The van der Waals surface area contributed by atoms with Crippen LogP contribution in [-0.4, -0.2) is 30.6 Å². The number of carbonyl (C=O) groups is 2. The zero-order chi connectivity index (χ0) is 14.2. The molecule has 0 spiro atoms. The molecule has 4 heteroatoms. The standard InChI is InChI=1S/C15H22O4/c1-14(2)18-13-15(19-14,9-5-3-7-11-16)10-6-4-8-12-17/h3-4,7-8,11-12H,5-6,9-10,13H2,1-2H3/b7-3+,8-4+. The van der Waals surface area contributed by atoms with Gasteiger partial charge >= 0.3 is 0 Å². The first-order valence-electron chi connectivity index (χ1n) is 6.58. The number of ether oxygens (including phenoxy) is 2. The van der Waals surface area contributed by atoms with Gasteiger partial charge in [0.15, 0.2) is 5.79 Å². The molecule has 1 rings (SSSR count). The summed E-state index contributed by atoms with van der Waals surface area (Å²) in [5.74, 6) is -0.567. The number of allylic oxidation sites excluding steroid dienone is 4. The SMILES string of the molecule is CC1(C)OCC(CC/C=C/C=O)(CC/C=C/C=O)O1. The molecule has 0 unspecified atom stereocenters. The Morgan fingerprint density at radius 3 is 1.89 bits per heavy atom. The summed E-state index contributed by atoms with van der Waals surface area (Å²) in [5, 5.41) is 0. The quantitative estimate of drug-likeness (QED) is 0.500. The van der Waals surface area contributed by atoms with Crippen molar-refractivity contribution in [1.29, 1.82) is 0 Å². The topological polar surface area (TPSA) is 52.6 Å². The van der Waals surface area contributed by atoms with Crippen LogP contribution in [0.3, 0.4) is 0 Å². The van der Waals surface area contributed by atoms with E-state index in [0.29, 0.717) is 6.61 Å². The summed E-state index contributed by atoms with van der Waals surface area (Å²) in [7, 11) is 0. The molecule has 106 valence electrons. The fourth-order valence-electron chi connectivity index (χ4n) is 2.25. The molecular formula is C15H22O4. The fourth-order valence-corrected chi connectivity index (χ4v) is 2.25. The number of hydrogen-bond acceptors (Lipinski definition) is 4. The Labute approximate surface area is 114 Å². The normalized spacial score (nSPS) is 21.2. The Morgan fingerprint density at radius 1 is 1.00 bits per heavy atom. The van der Waals surface area contributed by atoms with E-state index in [1.54, 1.807) is 0 Å². The molecule has 0 N–H and O–H groups in total. The molecular weight excluding hydrogens is 244 g/mol. The lowest BCUT2D eigenvalue weighted by Crippen LogP contribution is -2.34. The second-order valence-corrected chi connectivity index (χ2v) is 5.18. The van der Waals surface area contributed by atoms with Gasteiger partial charge in [-0.1, -0.05) is 12.2 Å². The van der Waals surface area contributed by atoms with Crippen LogP contribution in [0.5, 0.6) is 0 Å². The van der Waals surface area contributed by atoms with Gasteiger partial charge in [0.2, 0.25) is 0 Å². The average Bonchev–Trinajstić information content (AvgIpc) is 2.67. The number of hydrogen-bond donors (Lipinski definition) is 0. The van der Waals surface area contributed by atoms with E-state index in [1.165, 1.54) is 12.2 Å².